The Labute approximate surface area is 97.3 Å². The minimum atomic E-state index is -0.326. The second-order valence-electron chi connectivity index (χ2n) is 5.01. The standard InChI is InChI=1S/C14H20O2/c1-10(2)3-6-14(15)11-4-5-12-8-16-9-13(12)7-11/h4-5,7,10,14-15H,3,6,8-9H2,1-2H3. The molecule has 1 unspecified atom stereocenters. The van der Waals surface area contributed by atoms with Crippen LogP contribution in [0.3, 0.4) is 0 Å². The van der Waals surface area contributed by atoms with Crippen molar-refractivity contribution in [1.29, 1.82) is 0 Å². The predicted molar refractivity (Wildman–Crippen MR) is 64.0 cm³/mol. The third-order valence-electron chi connectivity index (χ3n) is 3.15. The summed E-state index contributed by atoms with van der Waals surface area (Å²) in [5, 5.41) is 10.1. The molecule has 1 aromatic carbocycles. The highest BCUT2D eigenvalue weighted by Gasteiger charge is 2.14. The molecule has 0 aliphatic carbocycles. The predicted octanol–water partition coefficient (Wildman–Crippen LogP) is 3.19. The van der Waals surface area contributed by atoms with Gasteiger partial charge in [0.1, 0.15) is 0 Å². The van der Waals surface area contributed by atoms with Crippen molar-refractivity contribution in [3.8, 4) is 0 Å². The Morgan fingerprint density at radius 3 is 2.69 bits per heavy atom. The summed E-state index contributed by atoms with van der Waals surface area (Å²) in [7, 11) is 0. The number of fused-ring (bicyclic) bond motifs is 1. The lowest BCUT2D eigenvalue weighted by Crippen LogP contribution is -2.00. The van der Waals surface area contributed by atoms with Crippen LogP contribution < -0.4 is 0 Å². The third kappa shape index (κ3) is 2.63. The average Bonchev–Trinajstić information content (AvgIpc) is 2.72. The smallest absolute Gasteiger partial charge is 0.0790 e. The largest absolute Gasteiger partial charge is 0.388 e. The van der Waals surface area contributed by atoms with E-state index in [1.54, 1.807) is 0 Å². The van der Waals surface area contributed by atoms with E-state index in [2.05, 4.69) is 26.0 Å². The topological polar surface area (TPSA) is 29.5 Å². The quantitative estimate of drug-likeness (QED) is 0.844. The molecule has 0 saturated heterocycles. The van der Waals surface area contributed by atoms with Gasteiger partial charge in [0, 0.05) is 0 Å². The highest BCUT2D eigenvalue weighted by Crippen LogP contribution is 2.26. The zero-order valence-corrected chi connectivity index (χ0v) is 10.1. The maximum atomic E-state index is 10.1. The number of aliphatic hydroxyl groups is 1. The van der Waals surface area contributed by atoms with Gasteiger partial charge in [0.15, 0.2) is 0 Å². The molecule has 2 rings (SSSR count). The molecule has 0 amide bonds. The molecule has 2 nitrogen and oxygen atoms in total. The van der Waals surface area contributed by atoms with Gasteiger partial charge < -0.3 is 9.84 Å². The van der Waals surface area contributed by atoms with Crippen LogP contribution in [0.5, 0.6) is 0 Å². The lowest BCUT2D eigenvalue weighted by atomic mass is 9.97. The van der Waals surface area contributed by atoms with Gasteiger partial charge in [-0.1, -0.05) is 32.0 Å². The van der Waals surface area contributed by atoms with E-state index in [9.17, 15) is 5.11 Å². The Morgan fingerprint density at radius 1 is 1.19 bits per heavy atom. The highest BCUT2D eigenvalue weighted by molar-refractivity contribution is 5.34. The van der Waals surface area contributed by atoms with Crippen LogP contribution in [0.4, 0.5) is 0 Å². The molecule has 1 heterocycles. The molecule has 16 heavy (non-hydrogen) atoms. The Bertz CT molecular complexity index is 358. The fraction of sp³-hybridized carbons (Fsp3) is 0.571. The fourth-order valence-corrected chi connectivity index (χ4v) is 2.06. The van der Waals surface area contributed by atoms with Crippen LogP contribution in [0.25, 0.3) is 0 Å². The van der Waals surface area contributed by atoms with Crippen LogP contribution >= 0.6 is 0 Å². The molecule has 0 spiro atoms. The molecular weight excluding hydrogens is 200 g/mol. The maximum Gasteiger partial charge on any atom is 0.0790 e. The summed E-state index contributed by atoms with van der Waals surface area (Å²) in [6.07, 6.45) is 1.58. The number of rotatable bonds is 4. The van der Waals surface area contributed by atoms with Gasteiger partial charge in [0.2, 0.25) is 0 Å². The lowest BCUT2D eigenvalue weighted by molar-refractivity contribution is 0.134. The molecule has 1 aromatic rings. The van der Waals surface area contributed by atoms with Crippen molar-refractivity contribution in [2.45, 2.75) is 46.0 Å². The summed E-state index contributed by atoms with van der Waals surface area (Å²) >= 11 is 0. The molecule has 0 fully saturated rings. The van der Waals surface area contributed by atoms with Crippen molar-refractivity contribution in [2.24, 2.45) is 5.92 Å². The summed E-state index contributed by atoms with van der Waals surface area (Å²) in [6, 6.07) is 6.20. The highest BCUT2D eigenvalue weighted by atomic mass is 16.5. The summed E-state index contributed by atoms with van der Waals surface area (Å²) < 4.78 is 5.37. The molecule has 2 heteroatoms. The van der Waals surface area contributed by atoms with Gasteiger partial charge in [-0.05, 0) is 35.4 Å². The summed E-state index contributed by atoms with van der Waals surface area (Å²) in [5.74, 6) is 0.646. The summed E-state index contributed by atoms with van der Waals surface area (Å²) in [4.78, 5) is 0. The first-order valence-corrected chi connectivity index (χ1v) is 6.04. The number of benzene rings is 1. The Hall–Kier alpha value is -0.860. The van der Waals surface area contributed by atoms with Crippen LogP contribution in [0, 0.1) is 5.92 Å². The maximum absolute atomic E-state index is 10.1. The average molecular weight is 220 g/mol. The fourth-order valence-electron chi connectivity index (χ4n) is 2.06. The molecule has 88 valence electrons. The van der Waals surface area contributed by atoms with E-state index in [4.69, 9.17) is 4.74 Å². The number of hydrogen-bond donors (Lipinski definition) is 1. The van der Waals surface area contributed by atoms with E-state index in [1.165, 1.54) is 11.1 Å². The lowest BCUT2D eigenvalue weighted by Gasteiger charge is -2.13. The van der Waals surface area contributed by atoms with E-state index in [0.29, 0.717) is 12.5 Å². The number of ether oxygens (including phenoxy) is 1. The SMILES string of the molecule is CC(C)CCC(O)c1ccc2c(c1)COC2. The van der Waals surface area contributed by atoms with Crippen molar-refractivity contribution >= 4 is 0 Å². The van der Waals surface area contributed by atoms with E-state index < -0.39 is 0 Å². The van der Waals surface area contributed by atoms with Gasteiger partial charge in [0.05, 0.1) is 19.3 Å². The van der Waals surface area contributed by atoms with Crippen LogP contribution in [0.1, 0.15) is 49.5 Å². The Balaban J connectivity index is 2.03. The molecule has 1 atom stereocenters. The van der Waals surface area contributed by atoms with Crippen LogP contribution in [-0.2, 0) is 18.0 Å². The molecule has 0 aromatic heterocycles. The van der Waals surface area contributed by atoms with Crippen LogP contribution in [-0.4, -0.2) is 5.11 Å². The molecule has 0 saturated carbocycles. The molecule has 1 aliphatic rings. The molecule has 1 aliphatic heterocycles. The minimum Gasteiger partial charge on any atom is -0.388 e. The van der Waals surface area contributed by atoms with Gasteiger partial charge in [-0.2, -0.15) is 0 Å². The van der Waals surface area contributed by atoms with Gasteiger partial charge in [0.25, 0.3) is 0 Å². The van der Waals surface area contributed by atoms with E-state index in [0.717, 1.165) is 25.0 Å². The summed E-state index contributed by atoms with van der Waals surface area (Å²) in [6.45, 7) is 5.78. The van der Waals surface area contributed by atoms with Gasteiger partial charge in [-0.25, -0.2) is 0 Å². The third-order valence-corrected chi connectivity index (χ3v) is 3.15. The first-order chi connectivity index (χ1) is 7.66. The minimum absolute atomic E-state index is 0.326. The number of aliphatic hydroxyl groups excluding tert-OH is 1. The zero-order valence-electron chi connectivity index (χ0n) is 10.1. The van der Waals surface area contributed by atoms with Crippen LogP contribution in [0.15, 0.2) is 18.2 Å². The molecule has 0 bridgehead atoms. The van der Waals surface area contributed by atoms with Crippen molar-refractivity contribution < 1.29 is 9.84 Å². The van der Waals surface area contributed by atoms with E-state index in [1.807, 2.05) is 6.07 Å². The zero-order chi connectivity index (χ0) is 11.5. The van der Waals surface area contributed by atoms with Crippen molar-refractivity contribution in [2.75, 3.05) is 0 Å². The van der Waals surface area contributed by atoms with Gasteiger partial charge in [-0.15, -0.1) is 0 Å². The molecular formula is C14H20O2. The van der Waals surface area contributed by atoms with Crippen LogP contribution in [0.2, 0.25) is 0 Å². The molecule has 1 N–H and O–H groups in total. The second kappa shape index (κ2) is 4.98. The molecule has 0 radical (unpaired) electrons. The van der Waals surface area contributed by atoms with E-state index in [-0.39, 0.29) is 6.10 Å². The summed E-state index contributed by atoms with van der Waals surface area (Å²) in [5.41, 5.74) is 3.53. The monoisotopic (exact) mass is 220 g/mol. The Kier molecular flexibility index (Phi) is 3.62. The Morgan fingerprint density at radius 2 is 1.94 bits per heavy atom. The van der Waals surface area contributed by atoms with Crippen molar-refractivity contribution in [3.05, 3.63) is 34.9 Å². The van der Waals surface area contributed by atoms with Gasteiger partial charge in [-0.3, -0.25) is 0 Å². The van der Waals surface area contributed by atoms with Crippen molar-refractivity contribution in [1.82, 2.24) is 0 Å². The van der Waals surface area contributed by atoms with Gasteiger partial charge >= 0.3 is 0 Å². The second-order valence-corrected chi connectivity index (χ2v) is 5.01. The van der Waals surface area contributed by atoms with Crippen molar-refractivity contribution in [3.63, 3.8) is 0 Å². The van der Waals surface area contributed by atoms with E-state index >= 15 is 0 Å². The first-order valence-electron chi connectivity index (χ1n) is 6.04. The normalized spacial score (nSPS) is 16.5. The first kappa shape index (κ1) is 11.6. The number of hydrogen-bond acceptors (Lipinski definition) is 2.